The summed E-state index contributed by atoms with van der Waals surface area (Å²) in [6.45, 7) is 5.34. The Hall–Kier alpha value is -4.45. The van der Waals surface area contributed by atoms with E-state index in [0.29, 0.717) is 58.3 Å². The second kappa shape index (κ2) is 11.9. The molecule has 0 radical (unpaired) electrons. The number of fused-ring (bicyclic) bond motifs is 1. The van der Waals surface area contributed by atoms with Crippen molar-refractivity contribution in [3.8, 4) is 22.4 Å². The average molecular weight is 613 g/mol. The summed E-state index contributed by atoms with van der Waals surface area (Å²) >= 11 is 6.72. The van der Waals surface area contributed by atoms with E-state index in [4.69, 9.17) is 21.3 Å². The fourth-order valence-corrected chi connectivity index (χ4v) is 6.17. The first-order valence-electron chi connectivity index (χ1n) is 14.6. The number of hydrogen-bond donors (Lipinski definition) is 2. The van der Waals surface area contributed by atoms with Gasteiger partial charge >= 0.3 is 0 Å². The van der Waals surface area contributed by atoms with Gasteiger partial charge in [0.1, 0.15) is 11.5 Å². The molecule has 0 amide bonds. The molecule has 44 heavy (non-hydrogen) atoms. The molecule has 4 aromatic heterocycles. The van der Waals surface area contributed by atoms with Gasteiger partial charge in [-0.3, -0.25) is 19.3 Å². The number of piperazine rings is 1. The predicted molar refractivity (Wildman–Crippen MR) is 169 cm³/mol. The third-order valence-electron chi connectivity index (χ3n) is 8.17. The van der Waals surface area contributed by atoms with Crippen LogP contribution in [0.2, 0.25) is 5.02 Å². The smallest absolute Gasteiger partial charge is 0.262 e. The van der Waals surface area contributed by atoms with Crippen molar-refractivity contribution in [1.82, 2.24) is 29.8 Å². The van der Waals surface area contributed by atoms with Crippen LogP contribution in [0.4, 0.5) is 21.7 Å². The quantitative estimate of drug-likeness (QED) is 0.267. The van der Waals surface area contributed by atoms with Gasteiger partial charge in [-0.25, -0.2) is 9.37 Å². The highest BCUT2D eigenvalue weighted by Crippen LogP contribution is 2.32. The molecule has 2 fully saturated rings. The summed E-state index contributed by atoms with van der Waals surface area (Å²) in [6.07, 6.45) is 7.40. The minimum Gasteiger partial charge on any atom is -0.379 e. The van der Waals surface area contributed by atoms with E-state index < -0.39 is 0 Å². The SMILES string of the molecule is CC1CNCCN1c1ccc(Nc2ncc3cc(-c4ncc(-c5ccncc5)cc4Cl)c(=O)n(C4CCOC4)c3n2)cc1F. The van der Waals surface area contributed by atoms with Crippen molar-refractivity contribution in [3.63, 3.8) is 0 Å². The van der Waals surface area contributed by atoms with Crippen LogP contribution in [0.3, 0.4) is 0 Å². The third kappa shape index (κ3) is 5.38. The van der Waals surface area contributed by atoms with Crippen molar-refractivity contribution in [2.75, 3.05) is 43.1 Å². The van der Waals surface area contributed by atoms with Gasteiger partial charge < -0.3 is 20.3 Å². The lowest BCUT2D eigenvalue weighted by molar-refractivity contribution is 0.186. The fraction of sp³-hybridized carbons (Fsp3) is 0.281. The van der Waals surface area contributed by atoms with E-state index >= 15 is 4.39 Å². The highest BCUT2D eigenvalue weighted by Gasteiger charge is 2.25. The van der Waals surface area contributed by atoms with Crippen LogP contribution in [0, 0.1) is 5.82 Å². The number of rotatable bonds is 6. The number of nitrogens with one attached hydrogen (secondary N) is 2. The van der Waals surface area contributed by atoms with Gasteiger partial charge in [0, 0.05) is 73.7 Å². The van der Waals surface area contributed by atoms with Gasteiger partial charge in [-0.1, -0.05) is 11.6 Å². The second-order valence-corrected chi connectivity index (χ2v) is 11.5. The van der Waals surface area contributed by atoms with Crippen LogP contribution < -0.4 is 21.1 Å². The number of benzene rings is 1. The number of ether oxygens (including phenoxy) is 1. The first-order valence-corrected chi connectivity index (χ1v) is 14.9. The number of hydrogen-bond acceptors (Lipinski definition) is 9. The van der Waals surface area contributed by atoms with Crippen LogP contribution in [0.5, 0.6) is 0 Å². The van der Waals surface area contributed by atoms with Gasteiger partial charge in [0.25, 0.3) is 5.56 Å². The molecule has 2 atom stereocenters. The van der Waals surface area contributed by atoms with Gasteiger partial charge in [-0.2, -0.15) is 4.98 Å². The molecule has 12 heteroatoms. The summed E-state index contributed by atoms with van der Waals surface area (Å²) in [4.78, 5) is 34.0. The molecule has 5 aromatic rings. The van der Waals surface area contributed by atoms with E-state index in [1.807, 2.05) is 18.2 Å². The zero-order chi connectivity index (χ0) is 30.2. The largest absolute Gasteiger partial charge is 0.379 e. The van der Waals surface area contributed by atoms with Crippen molar-refractivity contribution in [2.45, 2.75) is 25.4 Å². The number of halogens is 2. The van der Waals surface area contributed by atoms with Gasteiger partial charge in [0.05, 0.1) is 34.6 Å². The summed E-state index contributed by atoms with van der Waals surface area (Å²) in [6, 6.07) is 12.2. The summed E-state index contributed by atoms with van der Waals surface area (Å²) in [5.41, 5.74) is 3.70. The number of aromatic nitrogens is 5. The molecule has 1 aromatic carbocycles. The Balaban J connectivity index is 1.25. The molecule has 2 N–H and O–H groups in total. The number of anilines is 3. The topological polar surface area (TPSA) is 110 Å². The minimum atomic E-state index is -0.325. The maximum Gasteiger partial charge on any atom is 0.262 e. The molecule has 2 aliphatic heterocycles. The Morgan fingerprint density at radius 2 is 1.95 bits per heavy atom. The van der Waals surface area contributed by atoms with Gasteiger partial charge in [-0.05, 0) is 61.4 Å². The van der Waals surface area contributed by atoms with E-state index in [-0.39, 0.29) is 29.4 Å². The molecule has 2 unspecified atom stereocenters. The van der Waals surface area contributed by atoms with Crippen LogP contribution in [0.15, 0.2) is 72.0 Å². The normalized spacial score (nSPS) is 18.6. The molecule has 0 aliphatic carbocycles. The molecule has 0 bridgehead atoms. The van der Waals surface area contributed by atoms with Crippen molar-refractivity contribution < 1.29 is 9.13 Å². The van der Waals surface area contributed by atoms with Gasteiger partial charge in [0.15, 0.2) is 0 Å². The zero-order valence-electron chi connectivity index (χ0n) is 24.0. The summed E-state index contributed by atoms with van der Waals surface area (Å²) in [5.74, 6) is -0.0774. The molecule has 0 saturated carbocycles. The zero-order valence-corrected chi connectivity index (χ0v) is 24.8. The van der Waals surface area contributed by atoms with Crippen LogP contribution >= 0.6 is 11.6 Å². The highest BCUT2D eigenvalue weighted by atomic mass is 35.5. The molecule has 10 nitrogen and oxygen atoms in total. The lowest BCUT2D eigenvalue weighted by Gasteiger charge is -2.36. The Bertz CT molecular complexity index is 1900. The minimum absolute atomic E-state index is 0.187. The van der Waals surface area contributed by atoms with Crippen molar-refractivity contribution >= 4 is 40.0 Å². The lowest BCUT2D eigenvalue weighted by atomic mass is 10.1. The predicted octanol–water partition coefficient (Wildman–Crippen LogP) is 5.21. The highest BCUT2D eigenvalue weighted by molar-refractivity contribution is 6.33. The van der Waals surface area contributed by atoms with Crippen molar-refractivity contribution in [3.05, 3.63) is 88.4 Å². The maximum atomic E-state index is 15.2. The van der Waals surface area contributed by atoms with E-state index in [2.05, 4.69) is 37.4 Å². The van der Waals surface area contributed by atoms with Gasteiger partial charge in [-0.15, -0.1) is 0 Å². The third-order valence-corrected chi connectivity index (χ3v) is 8.46. The van der Waals surface area contributed by atoms with E-state index in [0.717, 1.165) is 30.8 Å². The van der Waals surface area contributed by atoms with Crippen molar-refractivity contribution in [1.29, 1.82) is 0 Å². The average Bonchev–Trinajstić information content (AvgIpc) is 3.57. The molecule has 6 heterocycles. The van der Waals surface area contributed by atoms with Crippen LogP contribution in [-0.2, 0) is 4.74 Å². The van der Waals surface area contributed by atoms with E-state index in [1.165, 1.54) is 6.07 Å². The monoisotopic (exact) mass is 612 g/mol. The standard InChI is InChI=1S/C32H30ClFN8O2/c1-19-15-36-9-10-41(19)28-3-2-23(14-27(28)34)39-32-38-17-22-12-25(31(43)42(30(22)40-32)24-6-11-44-18-24)29-26(33)13-21(16-37-29)20-4-7-35-8-5-20/h2-5,7-8,12-14,16-17,19,24,36H,6,9-11,15,18H2,1H3,(H,38,39,40). The first kappa shape index (κ1) is 28.3. The molecular weight excluding hydrogens is 583 g/mol. The summed E-state index contributed by atoms with van der Waals surface area (Å²) in [7, 11) is 0. The number of pyridine rings is 3. The summed E-state index contributed by atoms with van der Waals surface area (Å²) < 4.78 is 22.5. The Morgan fingerprint density at radius 3 is 2.70 bits per heavy atom. The molecule has 2 saturated heterocycles. The van der Waals surface area contributed by atoms with Crippen LogP contribution in [-0.4, -0.2) is 63.4 Å². The van der Waals surface area contributed by atoms with Gasteiger partial charge in [0.2, 0.25) is 5.95 Å². The lowest BCUT2D eigenvalue weighted by Crippen LogP contribution is -2.50. The molecule has 0 spiro atoms. The summed E-state index contributed by atoms with van der Waals surface area (Å²) in [5, 5.41) is 7.44. The Kier molecular flexibility index (Phi) is 7.67. The first-order chi connectivity index (χ1) is 21.5. The van der Waals surface area contributed by atoms with Crippen LogP contribution in [0.25, 0.3) is 33.4 Å². The molecule has 224 valence electrons. The second-order valence-electron chi connectivity index (χ2n) is 11.1. The Morgan fingerprint density at radius 1 is 1.09 bits per heavy atom. The molecule has 2 aliphatic rings. The Labute approximate surface area is 257 Å². The molecular formula is C32H30ClFN8O2. The van der Waals surface area contributed by atoms with Crippen LogP contribution in [0.1, 0.15) is 19.4 Å². The fourth-order valence-electron chi connectivity index (χ4n) is 5.90. The van der Waals surface area contributed by atoms with E-state index in [1.54, 1.807) is 47.6 Å². The van der Waals surface area contributed by atoms with E-state index in [9.17, 15) is 4.79 Å². The molecule has 7 rings (SSSR count). The number of nitrogens with zero attached hydrogens (tertiary/aromatic N) is 6. The maximum absolute atomic E-state index is 15.2. The van der Waals surface area contributed by atoms with Crippen molar-refractivity contribution in [2.24, 2.45) is 0 Å².